The van der Waals surface area contributed by atoms with Crippen molar-refractivity contribution in [2.45, 2.75) is 13.8 Å². The van der Waals surface area contributed by atoms with Gasteiger partial charge in [0.05, 0.1) is 25.6 Å². The topological polar surface area (TPSA) is 93.0 Å². The largest absolute Gasteiger partial charge is 0.493 e. The zero-order valence-electron chi connectivity index (χ0n) is 19.1. The van der Waals surface area contributed by atoms with Crippen molar-refractivity contribution in [1.29, 1.82) is 0 Å². The van der Waals surface area contributed by atoms with Crippen molar-refractivity contribution in [3.63, 3.8) is 0 Å². The van der Waals surface area contributed by atoms with Crippen LogP contribution in [0.5, 0.6) is 11.5 Å². The van der Waals surface area contributed by atoms with Gasteiger partial charge in [0.25, 0.3) is 0 Å². The van der Waals surface area contributed by atoms with E-state index >= 15 is 0 Å². The average Bonchev–Trinajstić information content (AvgIpc) is 2.87. The molecular formula is C26H26N6O2. The van der Waals surface area contributed by atoms with E-state index in [1.165, 1.54) is 0 Å². The van der Waals surface area contributed by atoms with Crippen LogP contribution in [0.4, 0.5) is 11.6 Å². The van der Waals surface area contributed by atoms with Crippen LogP contribution < -0.4 is 20.3 Å². The Balaban J connectivity index is 1.53. The average molecular weight is 455 g/mol. The SMILES string of the molecule is CCOc1ccccc1/C=N\Nc1nnc(N/N=C/c2ccccc2OCC)c2ccccc12. The number of fused-ring (bicyclic) bond motifs is 1. The quantitative estimate of drug-likeness (QED) is 0.249. The number of hydrogen-bond acceptors (Lipinski definition) is 8. The van der Waals surface area contributed by atoms with Crippen LogP contribution in [0.15, 0.2) is 83.0 Å². The van der Waals surface area contributed by atoms with Gasteiger partial charge in [0.15, 0.2) is 11.6 Å². The van der Waals surface area contributed by atoms with Gasteiger partial charge in [0.2, 0.25) is 0 Å². The molecule has 4 aromatic rings. The summed E-state index contributed by atoms with van der Waals surface area (Å²) >= 11 is 0. The van der Waals surface area contributed by atoms with Crippen LogP contribution in [0, 0.1) is 0 Å². The highest BCUT2D eigenvalue weighted by molar-refractivity contribution is 5.98. The van der Waals surface area contributed by atoms with Crippen LogP contribution in [-0.4, -0.2) is 35.8 Å². The van der Waals surface area contributed by atoms with Crippen LogP contribution in [0.2, 0.25) is 0 Å². The molecule has 0 saturated heterocycles. The maximum atomic E-state index is 5.64. The summed E-state index contributed by atoms with van der Waals surface area (Å²) in [5, 5.41) is 19.0. The van der Waals surface area contributed by atoms with Gasteiger partial charge < -0.3 is 9.47 Å². The first-order valence-corrected chi connectivity index (χ1v) is 11.1. The molecule has 0 aliphatic rings. The van der Waals surface area contributed by atoms with Crippen molar-refractivity contribution in [2.24, 2.45) is 10.2 Å². The van der Waals surface area contributed by atoms with E-state index in [2.05, 4.69) is 31.3 Å². The van der Waals surface area contributed by atoms with Crippen LogP contribution in [0.25, 0.3) is 10.8 Å². The third-order valence-electron chi connectivity index (χ3n) is 4.87. The zero-order valence-corrected chi connectivity index (χ0v) is 19.1. The van der Waals surface area contributed by atoms with E-state index in [0.717, 1.165) is 33.4 Å². The molecule has 0 unspecified atom stereocenters. The molecular weight excluding hydrogens is 428 g/mol. The lowest BCUT2D eigenvalue weighted by Gasteiger charge is -2.09. The fourth-order valence-corrected chi connectivity index (χ4v) is 3.34. The van der Waals surface area contributed by atoms with E-state index in [1.807, 2.05) is 86.6 Å². The third-order valence-corrected chi connectivity index (χ3v) is 4.87. The number of hydrogen-bond donors (Lipinski definition) is 2. The summed E-state index contributed by atoms with van der Waals surface area (Å²) in [6.45, 7) is 5.07. The molecule has 0 bridgehead atoms. The Morgan fingerprint density at radius 3 is 1.50 bits per heavy atom. The van der Waals surface area contributed by atoms with E-state index < -0.39 is 0 Å². The van der Waals surface area contributed by atoms with E-state index in [-0.39, 0.29) is 0 Å². The van der Waals surface area contributed by atoms with Gasteiger partial charge in [0.1, 0.15) is 11.5 Å². The number of benzene rings is 3. The molecule has 172 valence electrons. The summed E-state index contributed by atoms with van der Waals surface area (Å²) in [4.78, 5) is 0. The van der Waals surface area contributed by atoms with Crippen molar-refractivity contribution in [1.82, 2.24) is 10.2 Å². The molecule has 0 spiro atoms. The number of ether oxygens (including phenoxy) is 2. The molecule has 1 heterocycles. The van der Waals surface area contributed by atoms with E-state index in [4.69, 9.17) is 9.47 Å². The summed E-state index contributed by atoms with van der Waals surface area (Å²) in [5.74, 6) is 2.62. The summed E-state index contributed by atoms with van der Waals surface area (Å²) in [7, 11) is 0. The van der Waals surface area contributed by atoms with Gasteiger partial charge in [-0.05, 0) is 38.1 Å². The molecule has 8 heteroatoms. The first kappa shape index (κ1) is 22.7. The third kappa shape index (κ3) is 5.47. The molecule has 4 rings (SSSR count). The number of nitrogens with zero attached hydrogens (tertiary/aromatic N) is 4. The van der Waals surface area contributed by atoms with Crippen LogP contribution in [0.1, 0.15) is 25.0 Å². The molecule has 0 amide bonds. The lowest BCUT2D eigenvalue weighted by molar-refractivity contribution is 0.339. The van der Waals surface area contributed by atoms with Crippen LogP contribution >= 0.6 is 0 Å². The predicted molar refractivity (Wildman–Crippen MR) is 137 cm³/mol. The number of hydrazone groups is 2. The van der Waals surface area contributed by atoms with Gasteiger partial charge in [-0.1, -0.05) is 48.5 Å². The van der Waals surface area contributed by atoms with Gasteiger partial charge in [-0.2, -0.15) is 10.2 Å². The molecule has 3 aromatic carbocycles. The van der Waals surface area contributed by atoms with Crippen molar-refractivity contribution in [3.8, 4) is 11.5 Å². The smallest absolute Gasteiger partial charge is 0.176 e. The minimum Gasteiger partial charge on any atom is -0.493 e. The van der Waals surface area contributed by atoms with Crippen molar-refractivity contribution < 1.29 is 9.47 Å². The van der Waals surface area contributed by atoms with Crippen molar-refractivity contribution in [3.05, 3.63) is 83.9 Å². The Bertz CT molecular complexity index is 1210. The standard InChI is InChI=1S/C26H26N6O2/c1-3-33-23-15-9-5-11-19(23)17-27-29-25-21-13-7-8-14-22(21)26(32-31-25)30-28-18-20-12-6-10-16-24(20)34-4-2/h5-18H,3-4H2,1-2H3,(H,29,31)(H,30,32)/b27-17-,28-18+. The highest BCUT2D eigenvalue weighted by atomic mass is 16.5. The van der Waals surface area contributed by atoms with E-state index in [1.54, 1.807) is 12.4 Å². The molecule has 34 heavy (non-hydrogen) atoms. The Kier molecular flexibility index (Phi) is 7.63. The minimum atomic E-state index is 0.539. The molecule has 0 aliphatic heterocycles. The molecule has 0 aliphatic carbocycles. The van der Waals surface area contributed by atoms with Crippen molar-refractivity contribution >= 4 is 34.8 Å². The summed E-state index contributed by atoms with van der Waals surface area (Å²) in [6, 6.07) is 23.2. The number of para-hydroxylation sites is 2. The van der Waals surface area contributed by atoms with Crippen molar-refractivity contribution in [2.75, 3.05) is 24.1 Å². The Morgan fingerprint density at radius 2 is 1.06 bits per heavy atom. The lowest BCUT2D eigenvalue weighted by Crippen LogP contribution is -2.02. The van der Waals surface area contributed by atoms with Crippen LogP contribution in [0.3, 0.4) is 0 Å². The van der Waals surface area contributed by atoms with Gasteiger partial charge in [-0.25, -0.2) is 0 Å². The normalized spacial score (nSPS) is 11.2. The molecule has 0 fully saturated rings. The fourth-order valence-electron chi connectivity index (χ4n) is 3.34. The Hall–Kier alpha value is -4.46. The first-order chi connectivity index (χ1) is 16.8. The van der Waals surface area contributed by atoms with Gasteiger partial charge in [-0.3, -0.25) is 10.9 Å². The Labute approximate surface area is 198 Å². The maximum absolute atomic E-state index is 5.64. The summed E-state index contributed by atoms with van der Waals surface area (Å²) in [6.07, 6.45) is 3.40. The van der Waals surface area contributed by atoms with Gasteiger partial charge >= 0.3 is 0 Å². The molecule has 1 aromatic heterocycles. The maximum Gasteiger partial charge on any atom is 0.176 e. The zero-order chi connectivity index (χ0) is 23.6. The second-order valence-electron chi connectivity index (χ2n) is 7.12. The molecule has 2 N–H and O–H groups in total. The second kappa shape index (κ2) is 11.4. The fraction of sp³-hybridized carbons (Fsp3) is 0.154. The Morgan fingerprint density at radius 1 is 0.647 bits per heavy atom. The second-order valence-corrected chi connectivity index (χ2v) is 7.12. The number of rotatable bonds is 10. The molecule has 8 nitrogen and oxygen atoms in total. The monoisotopic (exact) mass is 454 g/mol. The molecule has 0 radical (unpaired) electrons. The number of aromatic nitrogens is 2. The van der Waals surface area contributed by atoms with E-state index in [9.17, 15) is 0 Å². The summed E-state index contributed by atoms with van der Waals surface area (Å²) in [5.41, 5.74) is 7.73. The predicted octanol–water partition coefficient (Wildman–Crippen LogP) is 5.32. The number of anilines is 2. The highest BCUT2D eigenvalue weighted by Crippen LogP contribution is 2.26. The molecule has 0 atom stereocenters. The van der Waals surface area contributed by atoms with E-state index in [0.29, 0.717) is 24.8 Å². The highest BCUT2D eigenvalue weighted by Gasteiger charge is 2.08. The molecule has 0 saturated carbocycles. The summed E-state index contributed by atoms with van der Waals surface area (Å²) < 4.78 is 11.3. The van der Waals surface area contributed by atoms with Gasteiger partial charge in [-0.15, -0.1) is 10.2 Å². The van der Waals surface area contributed by atoms with Crippen LogP contribution in [-0.2, 0) is 0 Å². The minimum absolute atomic E-state index is 0.539. The number of nitrogens with one attached hydrogen (secondary N) is 2. The first-order valence-electron chi connectivity index (χ1n) is 11.1. The van der Waals surface area contributed by atoms with Gasteiger partial charge in [0, 0.05) is 21.9 Å². The lowest BCUT2D eigenvalue weighted by atomic mass is 10.2.